The van der Waals surface area contributed by atoms with Gasteiger partial charge < -0.3 is 15.2 Å². The smallest absolute Gasteiger partial charge is 0.303 e. The second kappa shape index (κ2) is 9.56. The van der Waals surface area contributed by atoms with Gasteiger partial charge in [-0.1, -0.05) is 24.3 Å². The Kier molecular flexibility index (Phi) is 7.14. The van der Waals surface area contributed by atoms with Crippen LogP contribution >= 0.6 is 0 Å². The van der Waals surface area contributed by atoms with E-state index in [9.17, 15) is 14.0 Å². The van der Waals surface area contributed by atoms with Gasteiger partial charge in [0.05, 0.1) is 12.5 Å². The van der Waals surface area contributed by atoms with E-state index in [-0.39, 0.29) is 18.1 Å². The largest absolute Gasteiger partial charge is 0.494 e. The number of carboxylic acids is 1. The molecule has 2 aromatic rings. The Hall–Kier alpha value is -2.89. The molecule has 0 aliphatic rings. The molecule has 0 aliphatic heterocycles. The molecular weight excluding hydrogens is 337 g/mol. The molecule has 0 aromatic heterocycles. The quantitative estimate of drug-likeness (QED) is 0.672. The molecule has 1 unspecified atom stereocenters. The normalized spacial score (nSPS) is 11.6. The van der Waals surface area contributed by atoms with Crippen LogP contribution in [0.25, 0.3) is 0 Å². The van der Waals surface area contributed by atoms with Gasteiger partial charge in [0.1, 0.15) is 11.6 Å². The van der Waals surface area contributed by atoms with Crippen molar-refractivity contribution in [1.82, 2.24) is 5.32 Å². The van der Waals surface area contributed by atoms with Gasteiger partial charge in [-0.3, -0.25) is 9.59 Å². The number of hydrogen-bond donors (Lipinski definition) is 2. The molecule has 0 saturated heterocycles. The third-order valence-corrected chi connectivity index (χ3v) is 3.94. The minimum absolute atomic E-state index is 0.0770. The van der Waals surface area contributed by atoms with Crippen LogP contribution in [0.1, 0.15) is 36.8 Å². The van der Waals surface area contributed by atoms with Crippen molar-refractivity contribution >= 4 is 11.9 Å². The summed E-state index contributed by atoms with van der Waals surface area (Å²) in [6.07, 6.45) is 0.527. The van der Waals surface area contributed by atoms with Gasteiger partial charge in [0.15, 0.2) is 0 Å². The Morgan fingerprint density at radius 1 is 1.19 bits per heavy atom. The molecule has 0 spiro atoms. The second-order valence-electron chi connectivity index (χ2n) is 5.98. The summed E-state index contributed by atoms with van der Waals surface area (Å²) >= 11 is 0. The summed E-state index contributed by atoms with van der Waals surface area (Å²) in [4.78, 5) is 22.6. The molecule has 2 N–H and O–H groups in total. The Morgan fingerprint density at radius 2 is 1.92 bits per heavy atom. The minimum atomic E-state index is -0.841. The first-order valence-corrected chi connectivity index (χ1v) is 8.42. The zero-order valence-corrected chi connectivity index (χ0v) is 14.6. The summed E-state index contributed by atoms with van der Waals surface area (Å²) in [5.41, 5.74) is 1.54. The number of carbonyl (C=O) groups is 2. The van der Waals surface area contributed by atoms with Crippen molar-refractivity contribution in [3.8, 4) is 5.75 Å². The molecule has 2 rings (SSSR count). The van der Waals surface area contributed by atoms with Crippen molar-refractivity contribution in [1.29, 1.82) is 0 Å². The molecule has 6 heteroatoms. The Labute approximate surface area is 151 Å². The summed E-state index contributed by atoms with van der Waals surface area (Å²) in [6, 6.07) is 13.2. The average Bonchev–Trinajstić information content (AvgIpc) is 2.63. The summed E-state index contributed by atoms with van der Waals surface area (Å²) in [7, 11) is 0. The van der Waals surface area contributed by atoms with E-state index >= 15 is 0 Å². The second-order valence-corrected chi connectivity index (χ2v) is 5.98. The minimum Gasteiger partial charge on any atom is -0.494 e. The van der Waals surface area contributed by atoms with Crippen molar-refractivity contribution in [3.63, 3.8) is 0 Å². The number of halogens is 1. The highest BCUT2D eigenvalue weighted by molar-refractivity contribution is 5.83. The summed E-state index contributed by atoms with van der Waals surface area (Å²) < 4.78 is 18.7. The molecule has 1 atom stereocenters. The van der Waals surface area contributed by atoms with E-state index in [0.717, 1.165) is 5.56 Å². The van der Waals surface area contributed by atoms with Crippen LogP contribution < -0.4 is 10.1 Å². The SMILES string of the molecule is CC(C(=O)NCc1ccc(OCCCC(=O)O)cc1)c1cccc(F)c1. The highest BCUT2D eigenvalue weighted by Crippen LogP contribution is 2.17. The number of nitrogens with one attached hydrogen (secondary N) is 1. The van der Waals surface area contributed by atoms with Crippen LogP contribution in [0.3, 0.4) is 0 Å². The summed E-state index contributed by atoms with van der Waals surface area (Å²) in [5, 5.41) is 11.4. The van der Waals surface area contributed by atoms with Crippen LogP contribution in [0.15, 0.2) is 48.5 Å². The van der Waals surface area contributed by atoms with Gasteiger partial charge in [-0.05, 0) is 48.7 Å². The average molecular weight is 359 g/mol. The van der Waals surface area contributed by atoms with E-state index in [2.05, 4.69) is 5.32 Å². The summed E-state index contributed by atoms with van der Waals surface area (Å²) in [6.45, 7) is 2.43. The highest BCUT2D eigenvalue weighted by Gasteiger charge is 2.15. The van der Waals surface area contributed by atoms with E-state index in [1.54, 1.807) is 31.2 Å². The predicted molar refractivity (Wildman–Crippen MR) is 95.5 cm³/mol. The number of benzene rings is 2. The number of aliphatic carboxylic acids is 1. The lowest BCUT2D eigenvalue weighted by Crippen LogP contribution is -2.27. The van der Waals surface area contributed by atoms with Gasteiger partial charge >= 0.3 is 5.97 Å². The van der Waals surface area contributed by atoms with Gasteiger partial charge in [-0.15, -0.1) is 0 Å². The molecule has 138 valence electrons. The Balaban J connectivity index is 1.79. The predicted octanol–water partition coefficient (Wildman–Crippen LogP) is 3.49. The van der Waals surface area contributed by atoms with E-state index < -0.39 is 11.9 Å². The third kappa shape index (κ3) is 6.20. The van der Waals surface area contributed by atoms with Gasteiger partial charge in [-0.2, -0.15) is 0 Å². The van der Waals surface area contributed by atoms with Gasteiger partial charge in [0, 0.05) is 13.0 Å². The molecule has 2 aromatic carbocycles. The number of ether oxygens (including phenoxy) is 1. The number of hydrogen-bond acceptors (Lipinski definition) is 3. The molecule has 0 heterocycles. The Bertz CT molecular complexity index is 746. The molecule has 0 aliphatic carbocycles. The number of carboxylic acid groups (broad SMARTS) is 1. The first-order valence-electron chi connectivity index (χ1n) is 8.42. The maximum atomic E-state index is 13.3. The van der Waals surface area contributed by atoms with E-state index in [1.807, 2.05) is 12.1 Å². The Morgan fingerprint density at radius 3 is 2.58 bits per heavy atom. The van der Waals surface area contributed by atoms with Gasteiger partial charge in [-0.25, -0.2) is 4.39 Å². The van der Waals surface area contributed by atoms with Crippen molar-refractivity contribution in [2.24, 2.45) is 0 Å². The highest BCUT2D eigenvalue weighted by atomic mass is 19.1. The molecule has 0 radical (unpaired) electrons. The third-order valence-electron chi connectivity index (χ3n) is 3.94. The maximum Gasteiger partial charge on any atom is 0.303 e. The fourth-order valence-electron chi connectivity index (χ4n) is 2.39. The fourth-order valence-corrected chi connectivity index (χ4v) is 2.39. The van der Waals surface area contributed by atoms with Crippen molar-refractivity contribution in [2.75, 3.05) is 6.61 Å². The van der Waals surface area contributed by atoms with Crippen LogP contribution in [-0.2, 0) is 16.1 Å². The lowest BCUT2D eigenvalue weighted by atomic mass is 10.0. The fraction of sp³-hybridized carbons (Fsp3) is 0.300. The van der Waals surface area contributed by atoms with Gasteiger partial charge in [0.2, 0.25) is 5.91 Å². The first-order chi connectivity index (χ1) is 12.5. The van der Waals surface area contributed by atoms with E-state index in [1.165, 1.54) is 12.1 Å². The molecule has 0 fully saturated rings. The van der Waals surface area contributed by atoms with Crippen LogP contribution in [0, 0.1) is 5.82 Å². The van der Waals surface area contributed by atoms with Gasteiger partial charge in [0.25, 0.3) is 0 Å². The molecule has 0 saturated carbocycles. The molecule has 0 bridgehead atoms. The van der Waals surface area contributed by atoms with Crippen molar-refractivity contribution in [2.45, 2.75) is 32.2 Å². The number of carbonyl (C=O) groups excluding carboxylic acids is 1. The van der Waals surface area contributed by atoms with Crippen LogP contribution in [0.4, 0.5) is 4.39 Å². The zero-order chi connectivity index (χ0) is 18.9. The first kappa shape index (κ1) is 19.4. The lowest BCUT2D eigenvalue weighted by molar-refractivity contribution is -0.137. The number of amides is 1. The van der Waals surface area contributed by atoms with Crippen LogP contribution in [-0.4, -0.2) is 23.6 Å². The standard InChI is InChI=1S/C20H22FNO4/c1-14(16-4-2-5-17(21)12-16)20(25)22-13-15-7-9-18(10-8-15)26-11-3-6-19(23)24/h2,4-5,7-10,12,14H,3,6,11,13H2,1H3,(H,22,25)(H,23,24). The van der Waals surface area contributed by atoms with Crippen molar-refractivity contribution in [3.05, 3.63) is 65.5 Å². The molecule has 26 heavy (non-hydrogen) atoms. The summed E-state index contributed by atoms with van der Waals surface area (Å²) in [5.74, 6) is -1.17. The lowest BCUT2D eigenvalue weighted by Gasteiger charge is -2.13. The zero-order valence-electron chi connectivity index (χ0n) is 14.6. The topological polar surface area (TPSA) is 75.6 Å². The molecule has 1 amide bonds. The monoisotopic (exact) mass is 359 g/mol. The maximum absolute atomic E-state index is 13.3. The number of rotatable bonds is 9. The molecular formula is C20H22FNO4. The van der Waals surface area contributed by atoms with E-state index in [0.29, 0.717) is 30.9 Å². The van der Waals surface area contributed by atoms with Crippen LogP contribution in [0.5, 0.6) is 5.75 Å². The molecule has 5 nitrogen and oxygen atoms in total. The van der Waals surface area contributed by atoms with Crippen molar-refractivity contribution < 1.29 is 23.8 Å². The van der Waals surface area contributed by atoms with Crippen LogP contribution in [0.2, 0.25) is 0 Å². The van der Waals surface area contributed by atoms with E-state index in [4.69, 9.17) is 9.84 Å².